The smallest absolute Gasteiger partial charge is 0.390 e. The van der Waals surface area contributed by atoms with Crippen LogP contribution < -0.4 is 0 Å². The van der Waals surface area contributed by atoms with Crippen molar-refractivity contribution in [2.45, 2.75) is 63.9 Å². The molecule has 0 bridgehead atoms. The molecule has 0 radical (unpaired) electrons. The van der Waals surface area contributed by atoms with E-state index in [4.69, 9.17) is 38.8 Å². The molecule has 0 saturated carbocycles. The van der Waals surface area contributed by atoms with Crippen LogP contribution in [0.25, 0.3) is 22.5 Å². The van der Waals surface area contributed by atoms with Crippen LogP contribution in [0, 0.1) is 6.92 Å². The lowest BCUT2D eigenvalue weighted by Crippen LogP contribution is -2.31. The summed E-state index contributed by atoms with van der Waals surface area (Å²) in [7, 11) is -32.8. The number of aliphatic hydroxyl groups is 2. The molecule has 3 aliphatic heterocycles. The zero-order chi connectivity index (χ0) is 45.3. The number of phosphoric acid groups is 6. The van der Waals surface area contributed by atoms with Gasteiger partial charge in [-0.05, 0) is 41.0 Å². The van der Waals surface area contributed by atoms with Crippen LogP contribution in [0.4, 0.5) is 0 Å². The van der Waals surface area contributed by atoms with Crippen molar-refractivity contribution in [3.05, 3.63) is 76.4 Å². The Kier molecular flexibility index (Phi) is 17.4. The molecule has 0 aliphatic carbocycles. The summed E-state index contributed by atoms with van der Waals surface area (Å²) in [6.07, 6.45) is -1.98. The second-order valence-electron chi connectivity index (χ2n) is 13.0. The Morgan fingerprint density at radius 2 is 1.26 bits per heavy atom. The molecule has 26 nitrogen and oxygen atoms in total. The first-order valence-corrected chi connectivity index (χ1v) is 26.8. The third-order valence-electron chi connectivity index (χ3n) is 8.42. The molecule has 33 heteroatoms. The number of nitrogens with zero attached hydrogens (tertiary/aromatic N) is 2. The van der Waals surface area contributed by atoms with Crippen LogP contribution in [0.2, 0.25) is 0 Å². The topological polar surface area (TPSA) is 395 Å². The third-order valence-corrected chi connectivity index (χ3v) is 16.9. The van der Waals surface area contributed by atoms with Gasteiger partial charge in [-0.3, -0.25) is 9.05 Å². The van der Waals surface area contributed by atoms with E-state index in [0.29, 0.717) is 5.70 Å². The van der Waals surface area contributed by atoms with E-state index in [1.54, 1.807) is 22.7 Å². The van der Waals surface area contributed by atoms with Gasteiger partial charge in [-0.15, -0.1) is 11.3 Å². The number of benzene rings is 2. The molecule has 3 aromatic rings. The van der Waals surface area contributed by atoms with Crippen LogP contribution in [0.1, 0.15) is 48.1 Å². The van der Waals surface area contributed by atoms with E-state index in [2.05, 4.69) is 37.9 Å². The monoisotopic (exact) mass is 1020 g/mol. The molecule has 0 amide bonds. The third kappa shape index (κ3) is 15.2. The Bertz CT molecular complexity index is 2420. The Labute approximate surface area is 355 Å². The van der Waals surface area contributed by atoms with Gasteiger partial charge in [0.2, 0.25) is 0 Å². The predicted octanol–water partition coefficient (Wildman–Crippen LogP) is 4.54. The van der Waals surface area contributed by atoms with Crippen molar-refractivity contribution in [3.63, 3.8) is 0 Å². The summed E-state index contributed by atoms with van der Waals surface area (Å²) in [6, 6.07) is 11.6. The number of hydrogen-bond acceptors (Lipinski definition) is 19. The standard InChI is InChI=1S/C16H21O12P3.C12H17N2O12P3S.CH4/c1-10-6-11-4-2-3-5-12(11)7-13(10)15-8-14(17)16(26-15)9-25-30(21,22)28-31(23,24)27-29(18,19)20;1-7-12-8(13-6-30-12)2-3-14(7)11-4-9(15)10(24-11)5-23-28(19,20)26-29(21,22)25-27(16,17)18;/h2-7,14-17H,8-9H2,1H3,(H,21,22)(H,23,24)(H2,18,19,20);2-3,6,9-11,15H,1,4-5H2,(H,19,20)(H,21,22)(H2,16,17,18);1H4/t14?,15-,16-;9?,10-,11-;/m11./s1. The van der Waals surface area contributed by atoms with Crippen LogP contribution in [0.5, 0.6) is 0 Å². The number of aromatic nitrogens is 1. The van der Waals surface area contributed by atoms with Gasteiger partial charge in [0.15, 0.2) is 0 Å². The maximum atomic E-state index is 11.8. The molecule has 10 atom stereocenters. The van der Waals surface area contributed by atoms with Crippen LogP contribution in [-0.2, 0) is 63.2 Å². The Hall–Kier alpha value is -1.73. The summed E-state index contributed by atoms with van der Waals surface area (Å²) >= 11 is 1.37. The molecule has 348 valence electrons. The number of aryl methyl sites for hydroxylation is 1. The number of phosphoric ester groups is 2. The fraction of sp³-hybridized carbons (Fsp3) is 0.414. The fourth-order valence-electron chi connectivity index (χ4n) is 5.99. The van der Waals surface area contributed by atoms with E-state index < -0.39 is 96.9 Å². The second-order valence-corrected chi connectivity index (χ2v) is 22.7. The first-order valence-electron chi connectivity index (χ1n) is 16.8. The first-order chi connectivity index (χ1) is 28.0. The molecule has 0 spiro atoms. The van der Waals surface area contributed by atoms with E-state index in [0.717, 1.165) is 32.5 Å². The molecule has 4 heterocycles. The van der Waals surface area contributed by atoms with Crippen molar-refractivity contribution >= 4 is 80.8 Å². The molecule has 62 heavy (non-hydrogen) atoms. The zero-order valence-electron chi connectivity index (χ0n) is 30.9. The van der Waals surface area contributed by atoms with Gasteiger partial charge in [-0.2, -0.15) is 17.2 Å². The molecule has 6 rings (SSSR count). The van der Waals surface area contributed by atoms with Gasteiger partial charge in [0.25, 0.3) is 0 Å². The van der Waals surface area contributed by atoms with Crippen molar-refractivity contribution in [1.29, 1.82) is 0 Å². The summed E-state index contributed by atoms with van der Waals surface area (Å²) in [4.78, 5) is 78.0. The number of rotatable bonds is 16. The molecular formula is C29H42N2O24P6S. The largest absolute Gasteiger partial charge is 0.490 e. The van der Waals surface area contributed by atoms with Gasteiger partial charge in [-0.1, -0.05) is 44.3 Å². The maximum Gasteiger partial charge on any atom is 0.490 e. The van der Waals surface area contributed by atoms with Crippen LogP contribution in [0.15, 0.2) is 54.7 Å². The summed E-state index contributed by atoms with van der Waals surface area (Å²) in [6.45, 7) is 4.42. The van der Waals surface area contributed by atoms with Gasteiger partial charge in [0.05, 0.1) is 53.3 Å². The van der Waals surface area contributed by atoms with Crippen molar-refractivity contribution < 1.29 is 113 Å². The van der Waals surface area contributed by atoms with Crippen LogP contribution in [0.3, 0.4) is 0 Å². The number of thiazole rings is 1. The maximum absolute atomic E-state index is 11.8. The van der Waals surface area contributed by atoms with Gasteiger partial charge in [0.1, 0.15) is 18.4 Å². The van der Waals surface area contributed by atoms with Gasteiger partial charge in [0, 0.05) is 19.0 Å². The SMILES string of the molecule is C.C=C1c2scnc2C=CN1[C@H]1CC(O)[C@@H](COP(=O)(O)OP(=O)(O)OP(=O)(O)O)O1.Cc1cc2ccccc2cc1[C@H]1CC(O)[C@@H](COP(=O)(O)OP(=O)(O)OP(=O)(O)O)O1. The van der Waals surface area contributed by atoms with E-state index in [9.17, 15) is 47.4 Å². The Morgan fingerprint density at radius 3 is 1.79 bits per heavy atom. The average Bonchev–Trinajstić information content (AvgIpc) is 3.82. The zero-order valence-corrected chi connectivity index (χ0v) is 37.1. The molecule has 6 unspecified atom stereocenters. The highest BCUT2D eigenvalue weighted by Gasteiger charge is 2.45. The minimum absolute atomic E-state index is 0. The molecule has 2 fully saturated rings. The highest BCUT2D eigenvalue weighted by Crippen LogP contribution is 2.67. The molecular weight excluding hydrogens is 978 g/mol. The molecule has 2 aromatic carbocycles. The van der Waals surface area contributed by atoms with Crippen molar-refractivity contribution in [2.24, 2.45) is 0 Å². The number of ether oxygens (including phenoxy) is 2. The lowest BCUT2D eigenvalue weighted by Gasteiger charge is -2.30. The van der Waals surface area contributed by atoms with Crippen molar-refractivity contribution in [2.75, 3.05) is 13.2 Å². The lowest BCUT2D eigenvalue weighted by atomic mass is 9.96. The van der Waals surface area contributed by atoms with E-state index >= 15 is 0 Å². The summed E-state index contributed by atoms with van der Waals surface area (Å²) < 4.78 is 103. The van der Waals surface area contributed by atoms with Crippen molar-refractivity contribution in [1.82, 2.24) is 9.88 Å². The van der Waals surface area contributed by atoms with Gasteiger partial charge < -0.3 is 63.7 Å². The second kappa shape index (κ2) is 20.4. The predicted molar refractivity (Wildman–Crippen MR) is 215 cm³/mol. The highest BCUT2D eigenvalue weighted by molar-refractivity contribution is 7.67. The highest BCUT2D eigenvalue weighted by atomic mass is 32.1. The van der Waals surface area contributed by atoms with Crippen molar-refractivity contribution in [3.8, 4) is 0 Å². The van der Waals surface area contributed by atoms with Gasteiger partial charge in [-0.25, -0.2) is 32.4 Å². The minimum Gasteiger partial charge on any atom is -0.390 e. The quantitative estimate of drug-likeness (QED) is 0.0880. The van der Waals surface area contributed by atoms with E-state index in [-0.39, 0.29) is 20.3 Å². The summed E-state index contributed by atoms with van der Waals surface area (Å²) in [5.41, 5.74) is 4.72. The van der Waals surface area contributed by atoms with Crippen LogP contribution >= 0.6 is 58.3 Å². The average molecular weight is 1020 g/mol. The minimum atomic E-state index is -5.62. The van der Waals surface area contributed by atoms with Gasteiger partial charge >= 0.3 is 46.9 Å². The normalized spacial score (nSPS) is 26.6. The first kappa shape index (κ1) is 52.9. The molecule has 3 aliphatic rings. The summed E-state index contributed by atoms with van der Waals surface area (Å²) in [5.74, 6) is 0. The molecule has 2 saturated heterocycles. The molecule has 10 N–H and O–H groups in total. The Balaban J connectivity index is 0.000000268. The number of hydrogen-bond donors (Lipinski definition) is 10. The fourth-order valence-corrected chi connectivity index (χ4v) is 12.8. The molecule has 1 aromatic heterocycles. The Morgan fingerprint density at radius 1 is 0.758 bits per heavy atom. The number of aliphatic hydroxyl groups excluding tert-OH is 2. The van der Waals surface area contributed by atoms with Crippen LogP contribution in [-0.4, -0.2) is 103 Å². The number of fused-ring (bicyclic) bond motifs is 2. The van der Waals surface area contributed by atoms with E-state index in [1.165, 1.54) is 11.3 Å². The summed E-state index contributed by atoms with van der Waals surface area (Å²) in [5, 5.41) is 22.4. The van der Waals surface area contributed by atoms with E-state index in [1.807, 2.05) is 43.3 Å². The lowest BCUT2D eigenvalue weighted by molar-refractivity contribution is -0.0496.